The highest BCUT2D eigenvalue weighted by molar-refractivity contribution is 5.80. The van der Waals surface area contributed by atoms with Crippen LogP contribution in [0.25, 0.3) is 0 Å². The molecule has 2 atom stereocenters. The van der Waals surface area contributed by atoms with Gasteiger partial charge in [-0.2, -0.15) is 0 Å². The summed E-state index contributed by atoms with van der Waals surface area (Å²) in [6, 6.07) is 9.28. The summed E-state index contributed by atoms with van der Waals surface area (Å²) < 4.78 is 5.24. The normalized spacial score (nSPS) is 26.2. The number of likely N-dealkylation sites (tertiary alicyclic amines) is 1. The molecule has 0 spiro atoms. The maximum Gasteiger partial charge on any atom is 0.136 e. The average molecular weight is 301 g/mol. The molecule has 3 nitrogen and oxygen atoms in total. The lowest BCUT2D eigenvalue weighted by Gasteiger charge is -2.42. The highest BCUT2D eigenvalue weighted by atomic mass is 16.5. The third-order valence-electron chi connectivity index (χ3n) is 5.11. The minimum Gasteiger partial charge on any atom is -0.497 e. The van der Waals surface area contributed by atoms with Crippen molar-refractivity contribution >= 4 is 5.78 Å². The van der Waals surface area contributed by atoms with Crippen molar-refractivity contribution in [2.45, 2.75) is 64.1 Å². The number of Topliss-reactive ketones (excluding diaryl/α,β-unsaturated/α-hetero) is 1. The second-order valence-corrected chi connectivity index (χ2v) is 6.81. The fourth-order valence-electron chi connectivity index (χ4n) is 3.79. The molecule has 0 radical (unpaired) electrons. The number of rotatable bonds is 6. The molecule has 1 aliphatic carbocycles. The van der Waals surface area contributed by atoms with Crippen LogP contribution in [0.1, 0.15) is 51.0 Å². The first-order valence-electron chi connectivity index (χ1n) is 8.61. The summed E-state index contributed by atoms with van der Waals surface area (Å²) in [5.41, 5.74) is 1.32. The van der Waals surface area contributed by atoms with Crippen LogP contribution in [0.3, 0.4) is 0 Å². The van der Waals surface area contributed by atoms with E-state index in [9.17, 15) is 4.79 Å². The SMILES string of the molecule is CCC[C@H]1CC(=O)CC(C2CC2)N1Cc1ccc(OC)cc1. The molecule has 1 heterocycles. The number of benzene rings is 1. The standard InChI is InChI=1S/C19H27NO2/c1-3-4-16-11-17(21)12-19(15-7-8-15)20(16)13-14-5-9-18(22-2)10-6-14/h5-6,9-10,15-16,19H,3-4,7-8,11-13H2,1-2H3/t16-,19?/m0/s1. The number of carbonyl (C=O) groups is 1. The minimum atomic E-state index is 0.430. The predicted octanol–water partition coefficient (Wildman–Crippen LogP) is 3.81. The second-order valence-electron chi connectivity index (χ2n) is 6.81. The molecular weight excluding hydrogens is 274 g/mol. The van der Waals surface area contributed by atoms with Gasteiger partial charge in [-0.3, -0.25) is 9.69 Å². The molecule has 0 amide bonds. The summed E-state index contributed by atoms with van der Waals surface area (Å²) in [7, 11) is 1.70. The van der Waals surface area contributed by atoms with E-state index in [1.165, 1.54) is 18.4 Å². The Morgan fingerprint density at radius 2 is 1.91 bits per heavy atom. The van der Waals surface area contributed by atoms with E-state index in [0.29, 0.717) is 17.9 Å². The van der Waals surface area contributed by atoms with Gasteiger partial charge < -0.3 is 4.74 Å². The molecule has 0 aromatic heterocycles. The van der Waals surface area contributed by atoms with Gasteiger partial charge in [0, 0.05) is 31.5 Å². The largest absolute Gasteiger partial charge is 0.497 e. The maximum atomic E-state index is 12.1. The van der Waals surface area contributed by atoms with Gasteiger partial charge in [0.15, 0.2) is 0 Å². The van der Waals surface area contributed by atoms with E-state index in [1.54, 1.807) is 7.11 Å². The molecule has 1 aromatic carbocycles. The Hall–Kier alpha value is -1.35. The van der Waals surface area contributed by atoms with Crippen LogP contribution in [0.15, 0.2) is 24.3 Å². The highest BCUT2D eigenvalue weighted by Gasteiger charge is 2.42. The van der Waals surface area contributed by atoms with E-state index in [-0.39, 0.29) is 0 Å². The van der Waals surface area contributed by atoms with Gasteiger partial charge in [-0.25, -0.2) is 0 Å². The number of nitrogens with zero attached hydrogens (tertiary/aromatic N) is 1. The molecule has 1 saturated heterocycles. The van der Waals surface area contributed by atoms with Gasteiger partial charge in [0.2, 0.25) is 0 Å². The van der Waals surface area contributed by atoms with Crippen molar-refractivity contribution in [1.82, 2.24) is 4.90 Å². The van der Waals surface area contributed by atoms with Gasteiger partial charge in [-0.15, -0.1) is 0 Å². The van der Waals surface area contributed by atoms with Crippen molar-refractivity contribution in [3.63, 3.8) is 0 Å². The molecule has 3 heteroatoms. The van der Waals surface area contributed by atoms with Crippen molar-refractivity contribution in [3.05, 3.63) is 29.8 Å². The third kappa shape index (κ3) is 3.52. The molecule has 1 aliphatic heterocycles. The number of carbonyl (C=O) groups excluding carboxylic acids is 1. The molecule has 1 saturated carbocycles. The van der Waals surface area contributed by atoms with E-state index in [2.05, 4.69) is 24.0 Å². The van der Waals surface area contributed by atoms with Gasteiger partial charge in [0.25, 0.3) is 0 Å². The van der Waals surface area contributed by atoms with Gasteiger partial charge in [-0.1, -0.05) is 25.5 Å². The fourth-order valence-corrected chi connectivity index (χ4v) is 3.79. The molecule has 3 rings (SSSR count). The Labute approximate surface area is 133 Å². The Morgan fingerprint density at radius 1 is 1.18 bits per heavy atom. The Bertz CT molecular complexity index is 507. The molecule has 1 unspecified atom stereocenters. The fraction of sp³-hybridized carbons (Fsp3) is 0.632. The van der Waals surface area contributed by atoms with Crippen molar-refractivity contribution in [2.24, 2.45) is 5.92 Å². The monoisotopic (exact) mass is 301 g/mol. The van der Waals surface area contributed by atoms with Crippen LogP contribution in [0.5, 0.6) is 5.75 Å². The first kappa shape index (κ1) is 15.5. The van der Waals surface area contributed by atoms with E-state index >= 15 is 0 Å². The summed E-state index contributed by atoms with van der Waals surface area (Å²) in [6.45, 7) is 3.18. The van der Waals surface area contributed by atoms with Crippen LogP contribution in [0.4, 0.5) is 0 Å². The lowest BCUT2D eigenvalue weighted by Crippen LogP contribution is -2.50. The molecule has 0 bridgehead atoms. The van der Waals surface area contributed by atoms with E-state index in [4.69, 9.17) is 4.74 Å². The van der Waals surface area contributed by atoms with Crippen LogP contribution in [-0.4, -0.2) is 29.9 Å². The number of hydrogen-bond acceptors (Lipinski definition) is 3. The summed E-state index contributed by atoms with van der Waals surface area (Å²) in [4.78, 5) is 14.8. The zero-order valence-corrected chi connectivity index (χ0v) is 13.8. The number of hydrogen-bond donors (Lipinski definition) is 0. The van der Waals surface area contributed by atoms with Crippen LogP contribution in [0.2, 0.25) is 0 Å². The predicted molar refractivity (Wildman–Crippen MR) is 88.0 cm³/mol. The van der Waals surface area contributed by atoms with Crippen LogP contribution >= 0.6 is 0 Å². The lowest BCUT2D eigenvalue weighted by atomic mass is 9.89. The van der Waals surface area contributed by atoms with Gasteiger partial charge >= 0.3 is 0 Å². The van der Waals surface area contributed by atoms with Crippen molar-refractivity contribution in [3.8, 4) is 5.75 Å². The first-order chi connectivity index (χ1) is 10.7. The average Bonchev–Trinajstić information content (AvgIpc) is 3.35. The Kier molecular flexibility index (Phi) is 4.82. The number of ether oxygens (including phenoxy) is 1. The summed E-state index contributed by atoms with van der Waals surface area (Å²) >= 11 is 0. The smallest absolute Gasteiger partial charge is 0.136 e. The summed E-state index contributed by atoms with van der Waals surface area (Å²) in [6.07, 6.45) is 6.39. The minimum absolute atomic E-state index is 0.430. The van der Waals surface area contributed by atoms with Crippen molar-refractivity contribution < 1.29 is 9.53 Å². The molecule has 120 valence electrons. The van der Waals surface area contributed by atoms with E-state index in [0.717, 1.165) is 43.9 Å². The number of methoxy groups -OCH3 is 1. The molecule has 1 aromatic rings. The van der Waals surface area contributed by atoms with Gasteiger partial charge in [-0.05, 0) is 42.9 Å². The topological polar surface area (TPSA) is 29.5 Å². The molecular formula is C19H27NO2. The zero-order chi connectivity index (χ0) is 15.5. The first-order valence-corrected chi connectivity index (χ1v) is 8.61. The zero-order valence-electron chi connectivity index (χ0n) is 13.8. The summed E-state index contributed by atoms with van der Waals surface area (Å²) in [5, 5.41) is 0. The number of piperidine rings is 1. The molecule has 2 aliphatic rings. The molecule has 22 heavy (non-hydrogen) atoms. The quantitative estimate of drug-likeness (QED) is 0.800. The van der Waals surface area contributed by atoms with Gasteiger partial charge in [0.1, 0.15) is 11.5 Å². The second kappa shape index (κ2) is 6.82. The van der Waals surface area contributed by atoms with Crippen molar-refractivity contribution in [2.75, 3.05) is 7.11 Å². The number of ketones is 1. The van der Waals surface area contributed by atoms with Crippen molar-refractivity contribution in [1.29, 1.82) is 0 Å². The van der Waals surface area contributed by atoms with E-state index in [1.807, 2.05) is 12.1 Å². The third-order valence-corrected chi connectivity index (χ3v) is 5.11. The molecule has 0 N–H and O–H groups in total. The summed E-state index contributed by atoms with van der Waals surface area (Å²) in [5.74, 6) is 2.13. The van der Waals surface area contributed by atoms with Crippen LogP contribution in [-0.2, 0) is 11.3 Å². The highest BCUT2D eigenvalue weighted by Crippen LogP contribution is 2.41. The van der Waals surface area contributed by atoms with Gasteiger partial charge in [0.05, 0.1) is 7.11 Å². The maximum absolute atomic E-state index is 12.1. The Balaban J connectivity index is 1.76. The lowest BCUT2D eigenvalue weighted by molar-refractivity contribution is -0.126. The van der Waals surface area contributed by atoms with E-state index < -0.39 is 0 Å². The van der Waals surface area contributed by atoms with Crippen LogP contribution < -0.4 is 4.74 Å². The van der Waals surface area contributed by atoms with Crippen LogP contribution in [0, 0.1) is 5.92 Å². The Morgan fingerprint density at radius 3 is 2.50 bits per heavy atom. The molecule has 2 fully saturated rings.